The van der Waals surface area contributed by atoms with Gasteiger partial charge in [-0.05, 0) is 12.1 Å². The summed E-state index contributed by atoms with van der Waals surface area (Å²) in [5.41, 5.74) is 1.03. The number of carbonyl (C=O) groups is 1. The molecule has 1 aromatic rings. The van der Waals surface area contributed by atoms with E-state index < -0.39 is 0 Å². The summed E-state index contributed by atoms with van der Waals surface area (Å²) < 4.78 is 5.34. The molecule has 4 heteroatoms. The molecule has 0 fully saturated rings. The average Bonchev–Trinajstić information content (AvgIpc) is 2.25. The first-order chi connectivity index (χ1) is 7.80. The minimum Gasteiger partial charge on any atom is -0.482 e. The Bertz CT molecular complexity index is 377. The molecule has 17 heavy (non-hydrogen) atoms. The van der Waals surface area contributed by atoms with E-state index in [9.17, 15) is 4.79 Å². The van der Waals surface area contributed by atoms with Crippen LogP contribution in [0.4, 0.5) is 0 Å². The van der Waals surface area contributed by atoms with Gasteiger partial charge in [0.05, 0.1) is 6.20 Å². The quantitative estimate of drug-likeness (QED) is 0.804. The average molecular weight is 236 g/mol. The first-order valence-corrected chi connectivity index (χ1v) is 5.60. The van der Waals surface area contributed by atoms with E-state index in [0.717, 1.165) is 5.69 Å². The summed E-state index contributed by atoms with van der Waals surface area (Å²) in [5, 5.41) is 0. The fourth-order valence-corrected chi connectivity index (χ4v) is 1.18. The number of carbonyl (C=O) groups excluding carboxylic acids is 1. The van der Waals surface area contributed by atoms with Crippen molar-refractivity contribution in [2.45, 2.75) is 26.2 Å². The van der Waals surface area contributed by atoms with Crippen LogP contribution in [0.1, 0.15) is 26.5 Å². The lowest BCUT2D eigenvalue weighted by Crippen LogP contribution is -2.27. The van der Waals surface area contributed by atoms with Crippen molar-refractivity contribution in [2.75, 3.05) is 20.7 Å². The molecule has 1 aromatic heterocycles. The molecule has 0 unspecified atom stereocenters. The molecule has 4 nitrogen and oxygen atoms in total. The molecule has 1 amide bonds. The van der Waals surface area contributed by atoms with E-state index in [1.807, 2.05) is 12.1 Å². The topological polar surface area (TPSA) is 42.4 Å². The van der Waals surface area contributed by atoms with Crippen LogP contribution in [0.2, 0.25) is 0 Å². The van der Waals surface area contributed by atoms with Gasteiger partial charge in [0.15, 0.2) is 6.61 Å². The SMILES string of the molecule is CN(C)C(=O)COc1ccc(C(C)(C)C)nc1. The highest BCUT2D eigenvalue weighted by atomic mass is 16.5. The van der Waals surface area contributed by atoms with Crippen LogP contribution in [0.3, 0.4) is 0 Å². The van der Waals surface area contributed by atoms with Gasteiger partial charge in [-0.15, -0.1) is 0 Å². The largest absolute Gasteiger partial charge is 0.482 e. The first kappa shape index (κ1) is 13.5. The van der Waals surface area contributed by atoms with Gasteiger partial charge >= 0.3 is 0 Å². The Kier molecular flexibility index (Phi) is 4.10. The van der Waals surface area contributed by atoms with Crippen molar-refractivity contribution in [1.82, 2.24) is 9.88 Å². The lowest BCUT2D eigenvalue weighted by atomic mass is 9.92. The van der Waals surface area contributed by atoms with E-state index >= 15 is 0 Å². The molecule has 1 heterocycles. The molecule has 0 bridgehead atoms. The van der Waals surface area contributed by atoms with Gasteiger partial charge in [-0.1, -0.05) is 20.8 Å². The molecule has 0 aliphatic heterocycles. The molecule has 0 aliphatic carbocycles. The maximum atomic E-state index is 11.3. The van der Waals surface area contributed by atoms with Crippen molar-refractivity contribution in [3.8, 4) is 5.75 Å². The van der Waals surface area contributed by atoms with E-state index in [4.69, 9.17) is 4.74 Å². The summed E-state index contributed by atoms with van der Waals surface area (Å²) in [6.07, 6.45) is 1.66. The van der Waals surface area contributed by atoms with Gasteiger partial charge in [-0.25, -0.2) is 0 Å². The summed E-state index contributed by atoms with van der Waals surface area (Å²) >= 11 is 0. The molecule has 0 radical (unpaired) electrons. The second-order valence-corrected chi connectivity index (χ2v) is 5.21. The van der Waals surface area contributed by atoms with Gasteiger partial charge in [0.1, 0.15) is 5.75 Å². The number of likely N-dealkylation sites (N-methyl/N-ethyl adjacent to an activating group) is 1. The second-order valence-electron chi connectivity index (χ2n) is 5.21. The highest BCUT2D eigenvalue weighted by Crippen LogP contribution is 2.21. The van der Waals surface area contributed by atoms with Gasteiger partial charge in [0.2, 0.25) is 0 Å². The van der Waals surface area contributed by atoms with E-state index in [0.29, 0.717) is 5.75 Å². The fourth-order valence-electron chi connectivity index (χ4n) is 1.18. The summed E-state index contributed by atoms with van der Waals surface area (Å²) in [5.74, 6) is 0.554. The number of hydrogen-bond acceptors (Lipinski definition) is 3. The number of ether oxygens (including phenoxy) is 1. The van der Waals surface area contributed by atoms with E-state index in [-0.39, 0.29) is 17.9 Å². The lowest BCUT2D eigenvalue weighted by molar-refractivity contribution is -0.130. The number of pyridine rings is 1. The monoisotopic (exact) mass is 236 g/mol. The molecular formula is C13H20N2O2. The minimum absolute atomic E-state index is 0.0258. The summed E-state index contributed by atoms with van der Waals surface area (Å²) in [4.78, 5) is 17.1. The third-order valence-electron chi connectivity index (χ3n) is 2.37. The van der Waals surface area contributed by atoms with Crippen molar-refractivity contribution < 1.29 is 9.53 Å². The Balaban J connectivity index is 2.61. The number of aromatic nitrogens is 1. The lowest BCUT2D eigenvalue weighted by Gasteiger charge is -2.17. The molecule has 0 saturated heterocycles. The third-order valence-corrected chi connectivity index (χ3v) is 2.37. The predicted molar refractivity (Wildman–Crippen MR) is 67.1 cm³/mol. The van der Waals surface area contributed by atoms with Crippen molar-refractivity contribution in [3.63, 3.8) is 0 Å². The maximum Gasteiger partial charge on any atom is 0.259 e. The summed E-state index contributed by atoms with van der Waals surface area (Å²) in [6.45, 7) is 6.35. The van der Waals surface area contributed by atoms with E-state index in [2.05, 4.69) is 25.8 Å². The molecule has 0 aliphatic rings. The van der Waals surface area contributed by atoms with Crippen LogP contribution in [0.15, 0.2) is 18.3 Å². The molecular weight excluding hydrogens is 216 g/mol. The summed E-state index contributed by atoms with van der Waals surface area (Å²) in [7, 11) is 3.40. The Hall–Kier alpha value is -1.58. The van der Waals surface area contributed by atoms with Gasteiger partial charge in [0, 0.05) is 25.2 Å². The fraction of sp³-hybridized carbons (Fsp3) is 0.538. The van der Waals surface area contributed by atoms with E-state index in [1.165, 1.54) is 4.90 Å². The number of rotatable bonds is 3. The third kappa shape index (κ3) is 4.06. The zero-order valence-corrected chi connectivity index (χ0v) is 11.2. The van der Waals surface area contributed by atoms with Crippen LogP contribution in [-0.2, 0) is 10.2 Å². The number of nitrogens with zero attached hydrogens (tertiary/aromatic N) is 2. The predicted octanol–water partition coefficient (Wildman–Crippen LogP) is 1.85. The second kappa shape index (κ2) is 5.17. The van der Waals surface area contributed by atoms with E-state index in [1.54, 1.807) is 20.3 Å². The molecule has 94 valence electrons. The number of amides is 1. The summed E-state index contributed by atoms with van der Waals surface area (Å²) in [6, 6.07) is 3.77. The van der Waals surface area contributed by atoms with Crippen LogP contribution in [-0.4, -0.2) is 36.5 Å². The van der Waals surface area contributed by atoms with Crippen molar-refractivity contribution in [2.24, 2.45) is 0 Å². The van der Waals surface area contributed by atoms with Crippen LogP contribution < -0.4 is 4.74 Å². The molecule has 0 saturated carbocycles. The zero-order chi connectivity index (χ0) is 13.1. The van der Waals surface area contributed by atoms with Gasteiger partial charge in [-0.2, -0.15) is 0 Å². The first-order valence-electron chi connectivity index (χ1n) is 5.60. The highest BCUT2D eigenvalue weighted by molar-refractivity contribution is 5.77. The van der Waals surface area contributed by atoms with Gasteiger partial charge < -0.3 is 9.64 Å². The van der Waals surface area contributed by atoms with Crippen molar-refractivity contribution >= 4 is 5.91 Å². The van der Waals surface area contributed by atoms with Gasteiger partial charge in [0.25, 0.3) is 5.91 Å². The Labute approximate surface area is 103 Å². The van der Waals surface area contributed by atoms with Crippen LogP contribution in [0, 0.1) is 0 Å². The zero-order valence-electron chi connectivity index (χ0n) is 11.2. The minimum atomic E-state index is -0.0649. The smallest absolute Gasteiger partial charge is 0.259 e. The van der Waals surface area contributed by atoms with Gasteiger partial charge in [-0.3, -0.25) is 9.78 Å². The van der Waals surface area contributed by atoms with Crippen LogP contribution in [0.25, 0.3) is 0 Å². The Morgan fingerprint density at radius 2 is 2.00 bits per heavy atom. The normalized spacial score (nSPS) is 11.1. The van der Waals surface area contributed by atoms with Crippen LogP contribution >= 0.6 is 0 Å². The standard InChI is InChI=1S/C13H20N2O2/c1-13(2,3)11-7-6-10(8-14-11)17-9-12(16)15(4)5/h6-8H,9H2,1-5H3. The highest BCUT2D eigenvalue weighted by Gasteiger charge is 2.15. The van der Waals surface area contributed by atoms with Crippen molar-refractivity contribution in [3.05, 3.63) is 24.0 Å². The molecule has 0 aromatic carbocycles. The molecule has 1 rings (SSSR count). The Morgan fingerprint density at radius 3 is 2.41 bits per heavy atom. The number of hydrogen-bond donors (Lipinski definition) is 0. The molecule has 0 spiro atoms. The molecule has 0 atom stereocenters. The van der Waals surface area contributed by atoms with Crippen LogP contribution in [0.5, 0.6) is 5.75 Å². The Morgan fingerprint density at radius 1 is 1.35 bits per heavy atom. The maximum absolute atomic E-state index is 11.3. The van der Waals surface area contributed by atoms with Crippen molar-refractivity contribution in [1.29, 1.82) is 0 Å². The molecule has 0 N–H and O–H groups in total.